The number of hydrogen-bond donors (Lipinski definition) is 4. The van der Waals surface area contributed by atoms with Crippen LogP contribution >= 0.6 is 11.3 Å². The fourth-order valence-electron chi connectivity index (χ4n) is 3.62. The minimum atomic E-state index is -3.54. The summed E-state index contributed by atoms with van der Waals surface area (Å²) in [5.41, 5.74) is 2.20. The van der Waals surface area contributed by atoms with Crippen molar-refractivity contribution >= 4 is 37.2 Å². The maximum absolute atomic E-state index is 12.1. The summed E-state index contributed by atoms with van der Waals surface area (Å²) >= 11 is 1.53. The average molecular weight is 525 g/mol. The van der Waals surface area contributed by atoms with E-state index in [1.54, 1.807) is 6.92 Å². The SMILES string of the molecule is CC.CC(C)(O)O.Cc1nc(S(C)(=O)=O)nc(NC2CCC(CO)C2)c1-c1nc2ccccc2s1. The Morgan fingerprint density at radius 3 is 2.29 bits per heavy atom. The number of para-hydroxylation sites is 1. The number of aliphatic hydroxyl groups excluding tert-OH is 1. The van der Waals surface area contributed by atoms with E-state index in [0.717, 1.165) is 46.3 Å². The minimum absolute atomic E-state index is 0.131. The monoisotopic (exact) mass is 524 g/mol. The maximum atomic E-state index is 12.1. The van der Waals surface area contributed by atoms with Crippen LogP contribution in [-0.4, -0.2) is 63.4 Å². The average Bonchev–Trinajstić information content (AvgIpc) is 3.39. The van der Waals surface area contributed by atoms with Gasteiger partial charge in [0.05, 0.1) is 21.5 Å². The maximum Gasteiger partial charge on any atom is 0.249 e. The zero-order valence-electron chi connectivity index (χ0n) is 21.1. The molecule has 2 unspecified atom stereocenters. The number of thiazole rings is 1. The van der Waals surface area contributed by atoms with Crippen LogP contribution < -0.4 is 5.32 Å². The van der Waals surface area contributed by atoms with Crippen LogP contribution in [0.2, 0.25) is 0 Å². The molecule has 0 saturated heterocycles. The van der Waals surface area contributed by atoms with Crippen LogP contribution in [0.3, 0.4) is 0 Å². The van der Waals surface area contributed by atoms with Crippen LogP contribution in [0.4, 0.5) is 5.82 Å². The van der Waals surface area contributed by atoms with E-state index in [1.165, 1.54) is 25.2 Å². The second-order valence-electron chi connectivity index (χ2n) is 8.77. The molecular weight excluding hydrogens is 488 g/mol. The number of benzene rings is 1. The summed E-state index contributed by atoms with van der Waals surface area (Å²) in [6.45, 7) is 8.55. The van der Waals surface area contributed by atoms with Crippen LogP contribution in [0, 0.1) is 12.8 Å². The number of aromatic nitrogens is 3. The highest BCUT2D eigenvalue weighted by molar-refractivity contribution is 7.90. The zero-order chi connectivity index (χ0) is 26.4. The molecule has 0 spiro atoms. The molecular formula is C24H36N4O5S2. The van der Waals surface area contributed by atoms with Crippen molar-refractivity contribution in [3.63, 3.8) is 0 Å². The molecule has 0 amide bonds. The third-order valence-corrected chi connectivity index (χ3v) is 6.95. The van der Waals surface area contributed by atoms with E-state index in [1.807, 2.05) is 38.1 Å². The molecule has 0 aliphatic heterocycles. The summed E-state index contributed by atoms with van der Waals surface area (Å²) in [7, 11) is -3.54. The summed E-state index contributed by atoms with van der Waals surface area (Å²) in [6, 6.07) is 7.99. The van der Waals surface area contributed by atoms with Gasteiger partial charge in [0.25, 0.3) is 0 Å². The normalized spacial score (nSPS) is 17.9. The fraction of sp³-hybridized carbons (Fsp3) is 0.542. The third kappa shape index (κ3) is 8.46. The van der Waals surface area contributed by atoms with E-state index in [2.05, 4.69) is 15.3 Å². The summed E-state index contributed by atoms with van der Waals surface area (Å²) < 4.78 is 25.2. The Bertz CT molecular complexity index is 1180. The van der Waals surface area contributed by atoms with Crippen LogP contribution in [-0.2, 0) is 9.84 Å². The van der Waals surface area contributed by atoms with E-state index in [4.69, 9.17) is 15.2 Å². The van der Waals surface area contributed by atoms with Gasteiger partial charge in [0.2, 0.25) is 15.0 Å². The van der Waals surface area contributed by atoms with Crippen LogP contribution in [0.5, 0.6) is 0 Å². The molecule has 2 atom stereocenters. The van der Waals surface area contributed by atoms with E-state index in [9.17, 15) is 13.5 Å². The smallest absolute Gasteiger partial charge is 0.249 e. The highest BCUT2D eigenvalue weighted by Crippen LogP contribution is 2.37. The first-order chi connectivity index (χ1) is 16.3. The van der Waals surface area contributed by atoms with Crippen LogP contribution in [0.1, 0.15) is 52.7 Å². The summed E-state index contributed by atoms with van der Waals surface area (Å²) in [6.07, 6.45) is 3.78. The van der Waals surface area contributed by atoms with E-state index in [-0.39, 0.29) is 23.7 Å². The number of aliphatic hydroxyl groups is 3. The molecule has 1 aliphatic rings. The van der Waals surface area contributed by atoms with E-state index in [0.29, 0.717) is 11.5 Å². The predicted molar refractivity (Wildman–Crippen MR) is 140 cm³/mol. The summed E-state index contributed by atoms with van der Waals surface area (Å²) in [4.78, 5) is 13.3. The molecule has 11 heteroatoms. The van der Waals surface area contributed by atoms with Gasteiger partial charge in [-0.3, -0.25) is 0 Å². The lowest BCUT2D eigenvalue weighted by Gasteiger charge is -2.17. The predicted octanol–water partition coefficient (Wildman–Crippen LogP) is 3.77. The lowest BCUT2D eigenvalue weighted by molar-refractivity contribution is -0.127. The van der Waals surface area contributed by atoms with Gasteiger partial charge in [-0.15, -0.1) is 11.3 Å². The molecule has 1 fully saturated rings. The molecule has 194 valence electrons. The quantitative estimate of drug-likeness (QED) is 0.289. The Balaban J connectivity index is 0.000000551. The second kappa shape index (κ2) is 12.2. The van der Waals surface area contributed by atoms with Crippen LogP contribution in [0.25, 0.3) is 20.8 Å². The van der Waals surface area contributed by atoms with Crippen molar-refractivity contribution in [1.82, 2.24) is 15.0 Å². The first-order valence-electron chi connectivity index (χ1n) is 11.6. The lowest BCUT2D eigenvalue weighted by Crippen LogP contribution is -2.20. The number of rotatable bonds is 5. The van der Waals surface area contributed by atoms with Crippen molar-refractivity contribution in [3.8, 4) is 10.6 Å². The van der Waals surface area contributed by atoms with Crippen molar-refractivity contribution in [1.29, 1.82) is 0 Å². The van der Waals surface area contributed by atoms with Gasteiger partial charge in [0.1, 0.15) is 10.8 Å². The van der Waals surface area contributed by atoms with Crippen molar-refractivity contribution in [3.05, 3.63) is 30.0 Å². The molecule has 1 saturated carbocycles. The van der Waals surface area contributed by atoms with Gasteiger partial charge in [-0.05, 0) is 58.1 Å². The second-order valence-corrected chi connectivity index (χ2v) is 11.7. The Morgan fingerprint density at radius 2 is 1.74 bits per heavy atom. The van der Waals surface area contributed by atoms with Gasteiger partial charge >= 0.3 is 0 Å². The van der Waals surface area contributed by atoms with E-state index < -0.39 is 15.6 Å². The Morgan fingerprint density at radius 1 is 1.11 bits per heavy atom. The molecule has 2 aromatic heterocycles. The molecule has 9 nitrogen and oxygen atoms in total. The van der Waals surface area contributed by atoms with Crippen LogP contribution in [0.15, 0.2) is 29.4 Å². The number of hydrogen-bond acceptors (Lipinski definition) is 10. The number of anilines is 1. The first-order valence-corrected chi connectivity index (χ1v) is 14.3. The standard InChI is InChI=1S/C19H22N4O3S2.C3H8O2.C2H6/c1-11-16(18-22-14-5-3-4-6-15(14)27-18)17(23-19(20-11)28(2,25)26)21-13-8-7-12(9-13)10-24;1-3(2,4)5;1-2/h3-6,12-13,24H,7-10H2,1-2H3,(H,20,21,23);4-5H,1-2H3;1-2H3. The molecule has 3 aromatic rings. The van der Waals surface area contributed by atoms with Crippen molar-refractivity contribution in [2.45, 2.75) is 70.9 Å². The molecule has 1 aromatic carbocycles. The van der Waals surface area contributed by atoms with Gasteiger partial charge in [-0.25, -0.2) is 23.4 Å². The van der Waals surface area contributed by atoms with Crippen molar-refractivity contribution in [2.24, 2.45) is 5.92 Å². The lowest BCUT2D eigenvalue weighted by atomic mass is 10.1. The number of fused-ring (bicyclic) bond motifs is 1. The Labute approximate surface area is 211 Å². The molecule has 2 heterocycles. The Hall–Kier alpha value is -2.18. The summed E-state index contributed by atoms with van der Waals surface area (Å²) in [5.74, 6) is -0.740. The van der Waals surface area contributed by atoms with Gasteiger partial charge in [-0.2, -0.15) is 0 Å². The molecule has 35 heavy (non-hydrogen) atoms. The van der Waals surface area contributed by atoms with Gasteiger partial charge in [0, 0.05) is 18.9 Å². The largest absolute Gasteiger partial charge is 0.396 e. The molecule has 0 radical (unpaired) electrons. The first kappa shape index (κ1) is 29.1. The Kier molecular flexibility index (Phi) is 10.1. The number of sulfone groups is 1. The number of aryl methyl sites for hydroxylation is 1. The highest BCUT2D eigenvalue weighted by Gasteiger charge is 2.27. The number of nitrogens with one attached hydrogen (secondary N) is 1. The summed E-state index contributed by atoms with van der Waals surface area (Å²) in [5, 5.41) is 29.6. The minimum Gasteiger partial charge on any atom is -0.396 e. The molecule has 4 N–H and O–H groups in total. The van der Waals surface area contributed by atoms with Gasteiger partial charge in [-0.1, -0.05) is 26.0 Å². The van der Waals surface area contributed by atoms with Gasteiger partial charge < -0.3 is 20.6 Å². The van der Waals surface area contributed by atoms with E-state index >= 15 is 0 Å². The fourth-order valence-corrected chi connectivity index (χ4v) is 5.24. The van der Waals surface area contributed by atoms with Crippen molar-refractivity contribution in [2.75, 3.05) is 18.2 Å². The molecule has 0 bridgehead atoms. The zero-order valence-corrected chi connectivity index (χ0v) is 22.7. The molecule has 1 aliphatic carbocycles. The molecule has 4 rings (SSSR count). The number of nitrogens with zero attached hydrogens (tertiary/aromatic N) is 3. The van der Waals surface area contributed by atoms with Crippen molar-refractivity contribution < 1.29 is 23.7 Å². The van der Waals surface area contributed by atoms with Gasteiger partial charge in [0.15, 0.2) is 5.79 Å². The topological polar surface area (TPSA) is 146 Å². The highest BCUT2D eigenvalue weighted by atomic mass is 32.2. The third-order valence-electron chi connectivity index (χ3n) is 5.05.